The zero-order valence-electron chi connectivity index (χ0n) is 19.3. The molecule has 1 aromatic rings. The van der Waals surface area contributed by atoms with Gasteiger partial charge in [0, 0.05) is 12.8 Å². The summed E-state index contributed by atoms with van der Waals surface area (Å²) in [5.74, 6) is 0.510. The SMILES string of the molecule is CCCCCCCC/C=C\CCCCCCCC(=O)Oc1ccc(CC(C)=O)cc1. The topological polar surface area (TPSA) is 43.4 Å². The number of unbranched alkanes of at least 4 members (excludes halogenated alkanes) is 11. The van der Waals surface area contributed by atoms with Gasteiger partial charge in [-0.05, 0) is 56.7 Å². The number of Topliss-reactive ketones (excluding diaryl/α,β-unsaturated/α-hetero) is 1. The van der Waals surface area contributed by atoms with E-state index in [4.69, 9.17) is 4.74 Å². The van der Waals surface area contributed by atoms with Crippen LogP contribution in [0.25, 0.3) is 0 Å². The number of hydrogen-bond donors (Lipinski definition) is 0. The van der Waals surface area contributed by atoms with Gasteiger partial charge in [0.25, 0.3) is 0 Å². The monoisotopic (exact) mass is 414 g/mol. The molecule has 0 amide bonds. The Bertz CT molecular complexity index is 601. The highest BCUT2D eigenvalue weighted by Gasteiger charge is 2.05. The summed E-state index contributed by atoms with van der Waals surface area (Å²) in [5.41, 5.74) is 0.944. The molecule has 1 rings (SSSR count). The van der Waals surface area contributed by atoms with E-state index < -0.39 is 0 Å². The van der Waals surface area contributed by atoms with Gasteiger partial charge >= 0.3 is 5.97 Å². The van der Waals surface area contributed by atoms with Crippen LogP contribution in [0.1, 0.15) is 109 Å². The molecule has 0 aliphatic carbocycles. The number of esters is 1. The second-order valence-electron chi connectivity index (χ2n) is 8.33. The van der Waals surface area contributed by atoms with Crippen molar-refractivity contribution in [2.75, 3.05) is 0 Å². The number of carbonyl (C=O) groups excluding carboxylic acids is 2. The van der Waals surface area contributed by atoms with Gasteiger partial charge in [-0.15, -0.1) is 0 Å². The van der Waals surface area contributed by atoms with Gasteiger partial charge in [0.15, 0.2) is 0 Å². The van der Waals surface area contributed by atoms with Crippen molar-refractivity contribution < 1.29 is 14.3 Å². The van der Waals surface area contributed by atoms with E-state index in [0.717, 1.165) is 18.4 Å². The van der Waals surface area contributed by atoms with E-state index in [1.54, 1.807) is 19.1 Å². The molecule has 0 aromatic heterocycles. The van der Waals surface area contributed by atoms with Crippen LogP contribution in [0.4, 0.5) is 0 Å². The number of carbonyl (C=O) groups is 2. The van der Waals surface area contributed by atoms with Gasteiger partial charge in [0.05, 0.1) is 0 Å². The minimum absolute atomic E-state index is 0.129. The van der Waals surface area contributed by atoms with Gasteiger partial charge < -0.3 is 4.74 Å². The molecular weight excluding hydrogens is 372 g/mol. The highest BCUT2D eigenvalue weighted by molar-refractivity contribution is 5.78. The molecule has 168 valence electrons. The van der Waals surface area contributed by atoms with Crippen molar-refractivity contribution >= 4 is 11.8 Å². The fraction of sp³-hybridized carbons (Fsp3) is 0.630. The summed E-state index contributed by atoms with van der Waals surface area (Å²) in [4.78, 5) is 23.0. The van der Waals surface area contributed by atoms with E-state index in [2.05, 4.69) is 19.1 Å². The Hall–Kier alpha value is -1.90. The second kappa shape index (κ2) is 17.9. The first-order chi connectivity index (χ1) is 14.6. The maximum atomic E-state index is 11.9. The lowest BCUT2D eigenvalue weighted by atomic mass is 10.1. The first-order valence-corrected chi connectivity index (χ1v) is 12.1. The standard InChI is InChI=1S/C27H42O3/c1-3-4-5-6-7-8-9-10-11-12-13-14-15-16-17-18-27(29)30-26-21-19-25(20-22-26)23-24(2)28/h10-11,19-22H,3-9,12-18,23H2,1-2H3/b11-10-. The number of benzene rings is 1. The Labute approximate surface area is 184 Å². The maximum Gasteiger partial charge on any atom is 0.311 e. The summed E-state index contributed by atoms with van der Waals surface area (Å²) in [7, 11) is 0. The van der Waals surface area contributed by atoms with Crippen molar-refractivity contribution in [1.29, 1.82) is 0 Å². The molecular formula is C27H42O3. The average molecular weight is 415 g/mol. The molecule has 0 bridgehead atoms. The number of rotatable bonds is 18. The van der Waals surface area contributed by atoms with Crippen LogP contribution < -0.4 is 4.74 Å². The van der Waals surface area contributed by atoms with Gasteiger partial charge in [-0.1, -0.05) is 82.6 Å². The molecule has 3 nitrogen and oxygen atoms in total. The molecule has 0 N–H and O–H groups in total. The van der Waals surface area contributed by atoms with Crippen LogP contribution in [-0.2, 0) is 16.0 Å². The largest absolute Gasteiger partial charge is 0.427 e. The third-order valence-corrected chi connectivity index (χ3v) is 5.25. The zero-order chi connectivity index (χ0) is 21.9. The van der Waals surface area contributed by atoms with E-state index in [1.807, 2.05) is 12.1 Å². The van der Waals surface area contributed by atoms with Crippen molar-refractivity contribution in [3.63, 3.8) is 0 Å². The summed E-state index contributed by atoms with van der Waals surface area (Å²) in [6.07, 6.45) is 21.8. The number of ketones is 1. The van der Waals surface area contributed by atoms with Gasteiger partial charge in [-0.2, -0.15) is 0 Å². The molecule has 0 spiro atoms. The number of allylic oxidation sites excluding steroid dienone is 2. The van der Waals surface area contributed by atoms with E-state index in [9.17, 15) is 9.59 Å². The molecule has 3 heteroatoms. The summed E-state index contributed by atoms with van der Waals surface area (Å²) < 4.78 is 5.36. The molecule has 0 unspecified atom stereocenters. The first kappa shape index (κ1) is 26.1. The van der Waals surface area contributed by atoms with Gasteiger partial charge in [0.2, 0.25) is 0 Å². The van der Waals surface area contributed by atoms with Crippen molar-refractivity contribution in [1.82, 2.24) is 0 Å². The molecule has 1 aromatic carbocycles. The molecule has 0 radical (unpaired) electrons. The smallest absolute Gasteiger partial charge is 0.311 e. The maximum absolute atomic E-state index is 11.9. The Morgan fingerprint density at radius 1 is 0.767 bits per heavy atom. The first-order valence-electron chi connectivity index (χ1n) is 12.1. The number of hydrogen-bond acceptors (Lipinski definition) is 3. The van der Waals surface area contributed by atoms with Crippen LogP contribution >= 0.6 is 0 Å². The highest BCUT2D eigenvalue weighted by Crippen LogP contribution is 2.15. The lowest BCUT2D eigenvalue weighted by molar-refractivity contribution is -0.134. The second-order valence-corrected chi connectivity index (χ2v) is 8.33. The normalized spacial score (nSPS) is 11.1. The lowest BCUT2D eigenvalue weighted by Gasteiger charge is -2.05. The Balaban J connectivity index is 1.94. The average Bonchev–Trinajstić information content (AvgIpc) is 2.72. The van der Waals surface area contributed by atoms with Crippen molar-refractivity contribution in [3.8, 4) is 5.75 Å². The Morgan fingerprint density at radius 2 is 1.30 bits per heavy atom. The Kier molecular flexibility index (Phi) is 15.6. The zero-order valence-corrected chi connectivity index (χ0v) is 19.3. The van der Waals surface area contributed by atoms with Gasteiger partial charge in [-0.3, -0.25) is 9.59 Å². The fourth-order valence-corrected chi connectivity index (χ4v) is 3.49. The fourth-order valence-electron chi connectivity index (χ4n) is 3.49. The van der Waals surface area contributed by atoms with Crippen LogP contribution in [0, 0.1) is 0 Å². The van der Waals surface area contributed by atoms with Crippen LogP contribution in [0.15, 0.2) is 36.4 Å². The van der Waals surface area contributed by atoms with Crippen LogP contribution in [0.2, 0.25) is 0 Å². The van der Waals surface area contributed by atoms with E-state index >= 15 is 0 Å². The predicted octanol–water partition coefficient (Wildman–Crippen LogP) is 7.76. The van der Waals surface area contributed by atoms with Gasteiger partial charge in [0.1, 0.15) is 11.5 Å². The highest BCUT2D eigenvalue weighted by atomic mass is 16.5. The van der Waals surface area contributed by atoms with Crippen LogP contribution in [0.3, 0.4) is 0 Å². The summed E-state index contributed by atoms with van der Waals surface area (Å²) in [5, 5.41) is 0. The molecule has 0 aliphatic rings. The molecule has 0 saturated heterocycles. The Morgan fingerprint density at radius 3 is 1.87 bits per heavy atom. The molecule has 30 heavy (non-hydrogen) atoms. The predicted molar refractivity (Wildman–Crippen MR) is 126 cm³/mol. The van der Waals surface area contributed by atoms with Crippen molar-refractivity contribution in [2.45, 2.75) is 110 Å². The summed E-state index contributed by atoms with van der Waals surface area (Å²) in [6, 6.07) is 7.20. The van der Waals surface area contributed by atoms with E-state index in [0.29, 0.717) is 18.6 Å². The van der Waals surface area contributed by atoms with Crippen LogP contribution in [0.5, 0.6) is 5.75 Å². The summed E-state index contributed by atoms with van der Waals surface area (Å²) >= 11 is 0. The molecule has 0 fully saturated rings. The molecule has 0 saturated carbocycles. The molecule has 0 atom stereocenters. The summed E-state index contributed by atoms with van der Waals surface area (Å²) in [6.45, 7) is 3.83. The molecule has 0 heterocycles. The van der Waals surface area contributed by atoms with Crippen molar-refractivity contribution in [2.24, 2.45) is 0 Å². The van der Waals surface area contributed by atoms with E-state index in [1.165, 1.54) is 70.6 Å². The van der Waals surface area contributed by atoms with E-state index in [-0.39, 0.29) is 11.8 Å². The third kappa shape index (κ3) is 15.0. The lowest BCUT2D eigenvalue weighted by Crippen LogP contribution is -2.07. The van der Waals surface area contributed by atoms with Crippen LogP contribution in [-0.4, -0.2) is 11.8 Å². The number of ether oxygens (including phenoxy) is 1. The third-order valence-electron chi connectivity index (χ3n) is 5.25. The molecule has 0 aliphatic heterocycles. The minimum Gasteiger partial charge on any atom is -0.427 e. The minimum atomic E-state index is -0.174. The quantitative estimate of drug-likeness (QED) is 0.107. The van der Waals surface area contributed by atoms with Gasteiger partial charge in [-0.25, -0.2) is 0 Å². The van der Waals surface area contributed by atoms with Crippen molar-refractivity contribution in [3.05, 3.63) is 42.0 Å².